The second kappa shape index (κ2) is 7.46. The van der Waals surface area contributed by atoms with Crippen LogP contribution in [0.2, 0.25) is 0 Å². The lowest BCUT2D eigenvalue weighted by Crippen LogP contribution is -2.38. The van der Waals surface area contributed by atoms with Gasteiger partial charge in [-0.2, -0.15) is 0 Å². The Morgan fingerprint density at radius 2 is 2.00 bits per heavy atom. The summed E-state index contributed by atoms with van der Waals surface area (Å²) in [7, 11) is 1.77. The first-order chi connectivity index (χ1) is 9.72. The van der Waals surface area contributed by atoms with E-state index >= 15 is 0 Å². The lowest BCUT2D eigenvalue weighted by Gasteiger charge is -2.21. The molecule has 0 saturated heterocycles. The molecule has 1 N–H and O–H groups in total. The van der Waals surface area contributed by atoms with Crippen LogP contribution in [0.5, 0.6) is 0 Å². The molecule has 1 unspecified atom stereocenters. The Labute approximate surface area is 121 Å². The predicted molar refractivity (Wildman–Crippen MR) is 85.1 cm³/mol. The Bertz CT molecular complexity index is 518. The fraction of sp³-hybridized carbons (Fsp3) is 0.529. The number of hydrogen-bond acceptors (Lipinski definition) is 2. The van der Waals surface area contributed by atoms with Crippen molar-refractivity contribution in [1.82, 2.24) is 9.88 Å². The number of aryl methyl sites for hydroxylation is 1. The normalized spacial score (nSPS) is 13.2. The van der Waals surface area contributed by atoms with Gasteiger partial charge in [-0.05, 0) is 36.4 Å². The molecule has 0 bridgehead atoms. The minimum atomic E-state index is 0.446. The SMILES string of the molecule is COCC(NCCCn1ccc2ccccc21)C(C)C. The Morgan fingerprint density at radius 3 is 2.75 bits per heavy atom. The third-order valence-corrected chi connectivity index (χ3v) is 3.81. The summed E-state index contributed by atoms with van der Waals surface area (Å²) in [6, 6.07) is 11.2. The van der Waals surface area contributed by atoms with Gasteiger partial charge in [-0.3, -0.25) is 0 Å². The molecule has 2 rings (SSSR count). The highest BCUT2D eigenvalue weighted by molar-refractivity contribution is 5.79. The number of ether oxygens (including phenoxy) is 1. The highest BCUT2D eigenvalue weighted by Gasteiger charge is 2.11. The highest BCUT2D eigenvalue weighted by atomic mass is 16.5. The average molecular weight is 274 g/mol. The Morgan fingerprint density at radius 1 is 1.20 bits per heavy atom. The van der Waals surface area contributed by atoms with E-state index in [1.165, 1.54) is 10.9 Å². The molecule has 0 fully saturated rings. The zero-order chi connectivity index (χ0) is 14.4. The number of rotatable bonds is 8. The fourth-order valence-corrected chi connectivity index (χ4v) is 2.54. The average Bonchev–Trinajstić information content (AvgIpc) is 2.85. The third kappa shape index (κ3) is 3.84. The molecule has 3 heteroatoms. The van der Waals surface area contributed by atoms with Crippen LogP contribution in [0.3, 0.4) is 0 Å². The monoisotopic (exact) mass is 274 g/mol. The molecule has 1 heterocycles. The molecular weight excluding hydrogens is 248 g/mol. The molecule has 1 atom stereocenters. The lowest BCUT2D eigenvalue weighted by atomic mass is 10.1. The van der Waals surface area contributed by atoms with E-state index in [-0.39, 0.29) is 0 Å². The number of nitrogens with zero attached hydrogens (tertiary/aromatic N) is 1. The zero-order valence-corrected chi connectivity index (χ0v) is 12.8. The van der Waals surface area contributed by atoms with Crippen LogP contribution in [0.15, 0.2) is 36.5 Å². The Balaban J connectivity index is 1.81. The van der Waals surface area contributed by atoms with Crippen molar-refractivity contribution in [2.45, 2.75) is 32.9 Å². The van der Waals surface area contributed by atoms with Crippen molar-refractivity contribution >= 4 is 10.9 Å². The number of methoxy groups -OCH3 is 1. The van der Waals surface area contributed by atoms with E-state index in [4.69, 9.17) is 4.74 Å². The maximum Gasteiger partial charge on any atom is 0.0618 e. The molecule has 0 spiro atoms. The first-order valence-corrected chi connectivity index (χ1v) is 7.48. The van der Waals surface area contributed by atoms with Gasteiger partial charge in [0.1, 0.15) is 0 Å². The Kier molecular flexibility index (Phi) is 5.62. The van der Waals surface area contributed by atoms with Crippen molar-refractivity contribution in [3.8, 4) is 0 Å². The molecule has 0 aliphatic carbocycles. The molecule has 0 saturated carbocycles. The molecule has 1 aromatic heterocycles. The highest BCUT2D eigenvalue weighted by Crippen LogP contribution is 2.15. The summed E-state index contributed by atoms with van der Waals surface area (Å²) in [6.45, 7) is 7.33. The Hall–Kier alpha value is -1.32. The van der Waals surface area contributed by atoms with Gasteiger partial charge in [-0.25, -0.2) is 0 Å². The van der Waals surface area contributed by atoms with Crippen LogP contribution in [0.1, 0.15) is 20.3 Å². The second-order valence-corrected chi connectivity index (χ2v) is 5.68. The third-order valence-electron chi connectivity index (χ3n) is 3.81. The van der Waals surface area contributed by atoms with Crippen LogP contribution in [0, 0.1) is 5.92 Å². The van der Waals surface area contributed by atoms with Gasteiger partial charge in [0.2, 0.25) is 0 Å². The second-order valence-electron chi connectivity index (χ2n) is 5.68. The largest absolute Gasteiger partial charge is 0.383 e. The minimum Gasteiger partial charge on any atom is -0.383 e. The molecular formula is C17H26N2O. The van der Waals surface area contributed by atoms with E-state index in [1.54, 1.807) is 7.11 Å². The van der Waals surface area contributed by atoms with Crippen molar-refractivity contribution in [3.63, 3.8) is 0 Å². The van der Waals surface area contributed by atoms with Crippen LogP contribution >= 0.6 is 0 Å². The van der Waals surface area contributed by atoms with E-state index in [0.29, 0.717) is 12.0 Å². The number of aromatic nitrogens is 1. The van der Waals surface area contributed by atoms with E-state index in [1.807, 2.05) is 0 Å². The van der Waals surface area contributed by atoms with Crippen molar-refractivity contribution in [1.29, 1.82) is 0 Å². The van der Waals surface area contributed by atoms with Gasteiger partial charge in [-0.1, -0.05) is 32.0 Å². The molecule has 20 heavy (non-hydrogen) atoms. The van der Waals surface area contributed by atoms with Crippen molar-refractivity contribution < 1.29 is 4.74 Å². The molecule has 0 aliphatic rings. The fourth-order valence-electron chi connectivity index (χ4n) is 2.54. The van der Waals surface area contributed by atoms with Crippen molar-refractivity contribution in [3.05, 3.63) is 36.5 Å². The summed E-state index contributed by atoms with van der Waals surface area (Å²) in [5.41, 5.74) is 1.32. The van der Waals surface area contributed by atoms with Gasteiger partial charge in [0.15, 0.2) is 0 Å². The summed E-state index contributed by atoms with van der Waals surface area (Å²) < 4.78 is 7.59. The van der Waals surface area contributed by atoms with Crippen molar-refractivity contribution in [2.24, 2.45) is 5.92 Å². The molecule has 2 aromatic rings. The molecule has 0 amide bonds. The summed E-state index contributed by atoms with van der Waals surface area (Å²) in [5.74, 6) is 0.599. The summed E-state index contributed by atoms with van der Waals surface area (Å²) in [6.07, 6.45) is 3.31. The molecule has 0 radical (unpaired) electrons. The van der Waals surface area contributed by atoms with Crippen LogP contribution in [0.25, 0.3) is 10.9 Å². The van der Waals surface area contributed by atoms with Gasteiger partial charge in [0.05, 0.1) is 6.61 Å². The molecule has 0 aliphatic heterocycles. The first kappa shape index (κ1) is 15.1. The molecule has 3 nitrogen and oxygen atoms in total. The molecule has 110 valence electrons. The van der Waals surface area contributed by atoms with Crippen LogP contribution in [0.4, 0.5) is 0 Å². The molecule has 1 aromatic carbocycles. The van der Waals surface area contributed by atoms with Gasteiger partial charge < -0.3 is 14.6 Å². The number of benzene rings is 1. The van der Waals surface area contributed by atoms with Gasteiger partial charge in [0.25, 0.3) is 0 Å². The van der Waals surface area contributed by atoms with E-state index < -0.39 is 0 Å². The van der Waals surface area contributed by atoms with Crippen LogP contribution < -0.4 is 5.32 Å². The number of fused-ring (bicyclic) bond motifs is 1. The summed E-state index contributed by atoms with van der Waals surface area (Å²) in [5, 5.41) is 4.91. The van der Waals surface area contributed by atoms with Gasteiger partial charge in [0, 0.05) is 31.4 Å². The van der Waals surface area contributed by atoms with Gasteiger partial charge in [-0.15, -0.1) is 0 Å². The summed E-state index contributed by atoms with van der Waals surface area (Å²) in [4.78, 5) is 0. The number of hydrogen-bond donors (Lipinski definition) is 1. The maximum atomic E-state index is 5.26. The van der Waals surface area contributed by atoms with Crippen LogP contribution in [-0.2, 0) is 11.3 Å². The summed E-state index contributed by atoms with van der Waals surface area (Å²) >= 11 is 0. The predicted octanol–water partition coefficient (Wildman–Crippen LogP) is 3.29. The number of para-hydroxylation sites is 1. The van der Waals surface area contributed by atoms with Gasteiger partial charge >= 0.3 is 0 Å². The lowest BCUT2D eigenvalue weighted by molar-refractivity contribution is 0.147. The number of nitrogens with one attached hydrogen (secondary N) is 1. The van der Waals surface area contributed by atoms with E-state index in [9.17, 15) is 0 Å². The standard InChI is InChI=1S/C17H26N2O/c1-14(2)16(13-20-3)18-10-6-11-19-12-9-15-7-4-5-8-17(15)19/h4-5,7-9,12,14,16,18H,6,10-11,13H2,1-3H3. The smallest absolute Gasteiger partial charge is 0.0618 e. The first-order valence-electron chi connectivity index (χ1n) is 7.48. The zero-order valence-electron chi connectivity index (χ0n) is 12.8. The topological polar surface area (TPSA) is 26.2 Å². The van der Waals surface area contributed by atoms with Crippen LogP contribution in [-0.4, -0.2) is 30.9 Å². The maximum absolute atomic E-state index is 5.26. The van der Waals surface area contributed by atoms with Crippen molar-refractivity contribution in [2.75, 3.05) is 20.3 Å². The minimum absolute atomic E-state index is 0.446. The van der Waals surface area contributed by atoms with E-state index in [0.717, 1.165) is 26.1 Å². The van der Waals surface area contributed by atoms with E-state index in [2.05, 4.69) is 60.3 Å². The quantitative estimate of drug-likeness (QED) is 0.748.